The molecule has 0 radical (unpaired) electrons. The molecule has 1 heterocycles. The number of anilines is 1. The van der Waals surface area contributed by atoms with Crippen LogP contribution in [0.3, 0.4) is 0 Å². The lowest BCUT2D eigenvalue weighted by atomic mass is 9.82. The number of hydrogen-bond donors (Lipinski definition) is 1. The maximum atomic E-state index is 12.9. The molecule has 7 heteroatoms. The van der Waals surface area contributed by atoms with Gasteiger partial charge in [-0.1, -0.05) is 19.1 Å². The number of carbonyl (C=O) groups excluding carboxylic acids is 3. The first-order chi connectivity index (χ1) is 12.4. The Morgan fingerprint density at radius 3 is 2.46 bits per heavy atom. The fourth-order valence-electron chi connectivity index (χ4n) is 4.21. The van der Waals surface area contributed by atoms with Gasteiger partial charge in [0.05, 0.1) is 18.1 Å². The summed E-state index contributed by atoms with van der Waals surface area (Å²) in [6.45, 7) is 5.81. The van der Waals surface area contributed by atoms with E-state index in [2.05, 4.69) is 5.32 Å². The summed E-state index contributed by atoms with van der Waals surface area (Å²) in [6, 6.07) is 0. The van der Waals surface area contributed by atoms with Crippen molar-refractivity contribution in [1.82, 2.24) is 0 Å². The van der Waals surface area contributed by atoms with Crippen molar-refractivity contribution in [2.24, 2.45) is 23.7 Å². The van der Waals surface area contributed by atoms with Crippen molar-refractivity contribution < 1.29 is 24.2 Å². The Hall–Kier alpha value is -2.15. The highest BCUT2D eigenvalue weighted by Gasteiger charge is 2.49. The molecule has 1 aromatic heterocycles. The van der Waals surface area contributed by atoms with Gasteiger partial charge in [-0.05, 0) is 44.1 Å². The normalized spacial score (nSPS) is 26.1. The van der Waals surface area contributed by atoms with Crippen LogP contribution >= 0.6 is 11.3 Å². The molecule has 4 atom stereocenters. The smallest absolute Gasteiger partial charge is 0.341 e. The number of fused-ring (bicyclic) bond motifs is 2. The van der Waals surface area contributed by atoms with Gasteiger partial charge in [0.1, 0.15) is 5.00 Å². The van der Waals surface area contributed by atoms with Crippen LogP contribution in [0.15, 0.2) is 12.2 Å². The van der Waals surface area contributed by atoms with Crippen LogP contribution in [-0.2, 0) is 20.7 Å². The summed E-state index contributed by atoms with van der Waals surface area (Å²) >= 11 is 1.32. The third-order valence-corrected chi connectivity index (χ3v) is 6.38. The summed E-state index contributed by atoms with van der Waals surface area (Å²) in [4.78, 5) is 37.7. The van der Waals surface area contributed by atoms with Gasteiger partial charge in [-0.3, -0.25) is 4.79 Å². The van der Waals surface area contributed by atoms with Gasteiger partial charge in [0.25, 0.3) is 0 Å². The van der Waals surface area contributed by atoms with Crippen molar-refractivity contribution in [3.63, 3.8) is 0 Å². The number of thiophene rings is 1. The molecular formula is C19H22NO5S-. The van der Waals surface area contributed by atoms with Crippen LogP contribution in [-0.4, -0.2) is 24.5 Å². The van der Waals surface area contributed by atoms with Crippen molar-refractivity contribution in [2.45, 2.75) is 33.6 Å². The molecule has 1 saturated carbocycles. The van der Waals surface area contributed by atoms with Crippen LogP contribution in [0.5, 0.6) is 0 Å². The summed E-state index contributed by atoms with van der Waals surface area (Å²) in [5.41, 5.74) is 1.24. The minimum atomic E-state index is -1.19. The lowest BCUT2D eigenvalue weighted by Crippen LogP contribution is -2.42. The maximum absolute atomic E-state index is 12.9. The highest BCUT2D eigenvalue weighted by atomic mass is 32.1. The summed E-state index contributed by atoms with van der Waals surface area (Å²) in [5, 5.41) is 14.8. The molecule has 1 fully saturated rings. The molecule has 0 saturated heterocycles. The Kier molecular flexibility index (Phi) is 5.18. The number of aliphatic carboxylic acids is 1. The number of carboxylic acid groups (broad SMARTS) is 1. The molecular weight excluding hydrogens is 354 g/mol. The van der Waals surface area contributed by atoms with E-state index in [0.717, 1.165) is 10.4 Å². The van der Waals surface area contributed by atoms with E-state index in [9.17, 15) is 19.5 Å². The summed E-state index contributed by atoms with van der Waals surface area (Å²) in [5.74, 6) is -3.76. The molecule has 2 aliphatic rings. The fraction of sp³-hybridized carbons (Fsp3) is 0.526. The maximum Gasteiger partial charge on any atom is 0.341 e. The number of aryl methyl sites for hydroxylation is 1. The second kappa shape index (κ2) is 7.23. The summed E-state index contributed by atoms with van der Waals surface area (Å²) < 4.78 is 5.14. The molecule has 140 valence electrons. The number of allylic oxidation sites excluding steroid dienone is 2. The zero-order valence-corrected chi connectivity index (χ0v) is 15.9. The first-order valence-electron chi connectivity index (χ1n) is 8.88. The van der Waals surface area contributed by atoms with Crippen molar-refractivity contribution in [3.05, 3.63) is 28.2 Å². The van der Waals surface area contributed by atoms with Crippen LogP contribution in [0.1, 0.15) is 41.1 Å². The van der Waals surface area contributed by atoms with Gasteiger partial charge in [0.2, 0.25) is 5.91 Å². The topological polar surface area (TPSA) is 95.5 Å². The SMILES string of the molecule is CCOC(=O)c1c(NC(=O)[C@H]2[C@@H](C(=O)[O-])[C@@H]3C=C[C@@H]2C3)sc(C)c1CC. The van der Waals surface area contributed by atoms with E-state index in [4.69, 9.17) is 4.74 Å². The Bertz CT molecular complexity index is 781. The second-order valence-electron chi connectivity index (χ2n) is 6.72. The van der Waals surface area contributed by atoms with Gasteiger partial charge in [0, 0.05) is 16.8 Å². The van der Waals surface area contributed by atoms with Crippen molar-refractivity contribution in [1.29, 1.82) is 0 Å². The number of nitrogens with one attached hydrogen (secondary N) is 1. The Balaban J connectivity index is 1.89. The molecule has 2 bridgehead atoms. The molecule has 0 aromatic carbocycles. The Morgan fingerprint density at radius 2 is 1.88 bits per heavy atom. The molecule has 0 unspecified atom stereocenters. The molecule has 26 heavy (non-hydrogen) atoms. The van der Waals surface area contributed by atoms with Gasteiger partial charge in [0.15, 0.2) is 0 Å². The molecule has 0 spiro atoms. The van der Waals surface area contributed by atoms with E-state index in [1.165, 1.54) is 11.3 Å². The largest absolute Gasteiger partial charge is 0.550 e. The van der Waals surface area contributed by atoms with Gasteiger partial charge >= 0.3 is 5.97 Å². The summed E-state index contributed by atoms with van der Waals surface area (Å²) in [7, 11) is 0. The molecule has 1 amide bonds. The fourth-order valence-corrected chi connectivity index (χ4v) is 5.34. The summed E-state index contributed by atoms with van der Waals surface area (Å²) in [6.07, 6.45) is 5.08. The first-order valence-corrected chi connectivity index (χ1v) is 9.70. The lowest BCUT2D eigenvalue weighted by molar-refractivity contribution is -0.313. The van der Waals surface area contributed by atoms with Gasteiger partial charge in [-0.15, -0.1) is 11.3 Å². The van der Waals surface area contributed by atoms with Crippen LogP contribution in [0.4, 0.5) is 5.00 Å². The van der Waals surface area contributed by atoms with E-state index >= 15 is 0 Å². The Morgan fingerprint density at radius 1 is 1.23 bits per heavy atom. The van der Waals surface area contributed by atoms with E-state index in [1.54, 1.807) is 6.92 Å². The average Bonchev–Trinajstić information content (AvgIpc) is 3.26. The molecule has 2 aliphatic carbocycles. The molecule has 3 rings (SSSR count). The third kappa shape index (κ3) is 3.05. The van der Waals surface area contributed by atoms with Gasteiger partial charge in [-0.25, -0.2) is 4.79 Å². The van der Waals surface area contributed by atoms with E-state index in [1.807, 2.05) is 26.0 Å². The molecule has 0 aliphatic heterocycles. The van der Waals surface area contributed by atoms with Crippen molar-refractivity contribution in [3.8, 4) is 0 Å². The van der Waals surface area contributed by atoms with Crippen LogP contribution in [0.2, 0.25) is 0 Å². The molecule has 1 aromatic rings. The van der Waals surface area contributed by atoms with Crippen LogP contribution in [0.25, 0.3) is 0 Å². The highest BCUT2D eigenvalue weighted by Crippen LogP contribution is 2.48. The van der Waals surface area contributed by atoms with E-state index in [-0.39, 0.29) is 24.3 Å². The van der Waals surface area contributed by atoms with Gasteiger partial charge < -0.3 is 20.0 Å². The minimum Gasteiger partial charge on any atom is -0.550 e. The number of rotatable bonds is 6. The van der Waals surface area contributed by atoms with E-state index < -0.39 is 23.8 Å². The number of carboxylic acids is 1. The number of ether oxygens (including phenoxy) is 1. The zero-order valence-electron chi connectivity index (χ0n) is 15.0. The van der Waals surface area contributed by atoms with Gasteiger partial charge in [-0.2, -0.15) is 0 Å². The Labute approximate surface area is 156 Å². The van der Waals surface area contributed by atoms with Crippen LogP contribution < -0.4 is 10.4 Å². The molecule has 6 nitrogen and oxygen atoms in total. The molecule has 1 N–H and O–H groups in total. The quantitative estimate of drug-likeness (QED) is 0.604. The zero-order chi connectivity index (χ0) is 19.0. The second-order valence-corrected chi connectivity index (χ2v) is 7.95. The lowest BCUT2D eigenvalue weighted by Gasteiger charge is -2.27. The number of esters is 1. The number of hydrogen-bond acceptors (Lipinski definition) is 6. The van der Waals surface area contributed by atoms with Crippen LogP contribution in [0, 0.1) is 30.6 Å². The van der Waals surface area contributed by atoms with E-state index in [0.29, 0.717) is 23.4 Å². The van der Waals surface area contributed by atoms with Crippen molar-refractivity contribution in [2.75, 3.05) is 11.9 Å². The third-order valence-electron chi connectivity index (χ3n) is 5.31. The first kappa shape index (κ1) is 18.6. The monoisotopic (exact) mass is 376 g/mol. The average molecular weight is 376 g/mol. The minimum absolute atomic E-state index is 0.0966. The number of amides is 1. The number of carbonyl (C=O) groups is 3. The predicted octanol–water partition coefficient (Wildman–Crippen LogP) is 1.92. The van der Waals surface area contributed by atoms with Crippen molar-refractivity contribution >= 4 is 34.2 Å². The standard InChI is InChI=1S/C19H23NO5S/c1-4-12-9(3)26-17(15(12)19(24)25-5-2)20-16(21)13-10-6-7-11(8-10)14(13)18(22)23/h6-7,10-11,13-14H,4-5,8H2,1-3H3,(H,20,21)(H,22,23)/p-1/t10-,11-,13-,14+/m1/s1. The highest BCUT2D eigenvalue weighted by molar-refractivity contribution is 7.16. The predicted molar refractivity (Wildman–Crippen MR) is 95.7 cm³/mol.